The molecule has 0 aromatic heterocycles. The van der Waals surface area contributed by atoms with E-state index in [1.807, 2.05) is 0 Å². The number of rotatable bonds is 74. The van der Waals surface area contributed by atoms with E-state index in [0.717, 1.165) is 44.9 Å². The second-order valence-electron chi connectivity index (χ2n) is 29.2. The zero-order valence-electron chi connectivity index (χ0n) is 62.0. The van der Waals surface area contributed by atoms with E-state index in [9.17, 15) is 40.5 Å². The van der Waals surface area contributed by atoms with Crippen molar-refractivity contribution in [2.45, 2.75) is 473 Å². The van der Waals surface area contributed by atoms with Gasteiger partial charge in [-0.3, -0.25) is 4.79 Å². The maximum absolute atomic E-state index is 13.3. The maximum Gasteiger partial charge on any atom is 0.249 e. The number of allylic oxidation sites excluding steroid dienone is 6. The number of ether oxygens (including phenoxy) is 2. The van der Waals surface area contributed by atoms with Crippen molar-refractivity contribution in [3.63, 3.8) is 0 Å². The van der Waals surface area contributed by atoms with Crippen molar-refractivity contribution in [2.24, 2.45) is 0 Å². The third-order valence-corrected chi connectivity index (χ3v) is 20.2. The van der Waals surface area contributed by atoms with Crippen LogP contribution in [0.15, 0.2) is 36.5 Å². The third kappa shape index (κ3) is 57.1. The van der Waals surface area contributed by atoms with Crippen LogP contribution in [0.4, 0.5) is 0 Å². The summed E-state index contributed by atoms with van der Waals surface area (Å²) in [6.07, 6.45) is 82.8. The summed E-state index contributed by atoms with van der Waals surface area (Å²) in [4.78, 5) is 13.3. The highest BCUT2D eigenvalue weighted by atomic mass is 16.7. The summed E-state index contributed by atoms with van der Waals surface area (Å²) in [6, 6.07) is -1.19. The van der Waals surface area contributed by atoms with Gasteiger partial charge in [0.2, 0.25) is 5.91 Å². The lowest BCUT2D eigenvalue weighted by molar-refractivity contribution is -0.303. The molecule has 11 nitrogen and oxygen atoms in total. The molecule has 0 saturated carbocycles. The van der Waals surface area contributed by atoms with Crippen molar-refractivity contribution in [1.29, 1.82) is 0 Å². The lowest BCUT2D eigenvalue weighted by Gasteiger charge is -2.40. The summed E-state index contributed by atoms with van der Waals surface area (Å²) < 4.78 is 11.2. The van der Waals surface area contributed by atoms with Gasteiger partial charge in [-0.05, 0) is 70.6 Å². The highest BCUT2D eigenvalue weighted by Gasteiger charge is 2.44. The molecule has 11 heteroatoms. The molecule has 1 amide bonds. The van der Waals surface area contributed by atoms with Gasteiger partial charge in [0.15, 0.2) is 6.29 Å². The fourth-order valence-corrected chi connectivity index (χ4v) is 13.6. The Hall–Kier alpha value is -1.67. The number of carbonyl (C=O) groups is 1. The van der Waals surface area contributed by atoms with Crippen molar-refractivity contribution in [3.8, 4) is 0 Å². The van der Waals surface area contributed by atoms with Crippen LogP contribution >= 0.6 is 0 Å². The molecule has 0 spiro atoms. The van der Waals surface area contributed by atoms with Crippen LogP contribution in [0, 0.1) is 0 Å². The molecule has 1 rings (SSSR count). The van der Waals surface area contributed by atoms with Crippen LogP contribution in [0.5, 0.6) is 0 Å². The molecule has 0 aromatic rings. The number of amides is 1. The quantitative estimate of drug-likeness (QED) is 0.0215. The van der Waals surface area contributed by atoms with Crippen LogP contribution in [0.3, 0.4) is 0 Å². The number of carbonyl (C=O) groups excluding carboxylic acids is 1. The van der Waals surface area contributed by atoms with E-state index in [4.69, 9.17) is 9.47 Å². The smallest absolute Gasteiger partial charge is 0.249 e. The van der Waals surface area contributed by atoms with Crippen LogP contribution in [-0.4, -0.2) is 110 Å². The number of aliphatic hydroxyl groups is 7. The minimum Gasteiger partial charge on any atom is -0.394 e. The summed E-state index contributed by atoms with van der Waals surface area (Å²) in [6.45, 7) is 3.52. The van der Waals surface area contributed by atoms with Crippen molar-refractivity contribution < 1.29 is 50.0 Å². The van der Waals surface area contributed by atoms with Crippen LogP contribution in [0.2, 0.25) is 0 Å². The predicted octanol–water partition coefficient (Wildman–Crippen LogP) is 21.7. The first-order valence-electron chi connectivity index (χ1n) is 41.4. The van der Waals surface area contributed by atoms with Gasteiger partial charge in [-0.25, -0.2) is 0 Å². The van der Waals surface area contributed by atoms with E-state index in [1.165, 1.54) is 334 Å². The summed E-state index contributed by atoms with van der Waals surface area (Å²) >= 11 is 0. The first-order valence-corrected chi connectivity index (χ1v) is 41.4. The number of aliphatic hydroxyl groups excluding tert-OH is 7. The molecular formula is C83H159NO10. The predicted molar refractivity (Wildman–Crippen MR) is 399 cm³/mol. The molecule has 9 unspecified atom stereocenters. The minimum absolute atomic E-state index is 0.256. The van der Waals surface area contributed by atoms with Crippen molar-refractivity contribution in [3.05, 3.63) is 36.5 Å². The Labute approximate surface area is 581 Å². The standard InChI is InChI=1S/C83H159NO10/c1-3-5-7-9-11-13-15-17-19-21-23-25-27-29-31-33-35-36-37-38-39-41-43-45-47-49-51-53-55-57-59-61-63-65-67-69-71-76(87)82(92)84-74(73-93-83-81(91)80(90)79(89)77(72-85)94-83)78(88)75(86)70-68-66-64-62-60-58-56-54-52-50-48-46-44-42-40-34-32-30-28-26-24-22-20-18-16-14-12-10-8-6-4-2/h31,33,36-37,62,64,74-81,83,85-91H,3-30,32,34-35,38-61,63,65-73H2,1-2H3,(H,84,92)/b33-31-,37-36-,64-62+. The first-order chi connectivity index (χ1) is 46.2. The van der Waals surface area contributed by atoms with Crippen molar-refractivity contribution >= 4 is 5.91 Å². The van der Waals surface area contributed by atoms with E-state index in [1.54, 1.807) is 0 Å². The van der Waals surface area contributed by atoms with Crippen LogP contribution in [0.25, 0.3) is 0 Å². The van der Waals surface area contributed by atoms with Crippen LogP contribution in [-0.2, 0) is 14.3 Å². The lowest BCUT2D eigenvalue weighted by atomic mass is 9.98. The Bertz CT molecular complexity index is 1630. The topological polar surface area (TPSA) is 189 Å². The molecule has 9 atom stereocenters. The summed E-state index contributed by atoms with van der Waals surface area (Å²) in [5.41, 5.74) is 0. The maximum atomic E-state index is 13.3. The summed E-state index contributed by atoms with van der Waals surface area (Å²) in [5.74, 6) is -0.699. The number of hydrogen-bond donors (Lipinski definition) is 8. The molecule has 1 fully saturated rings. The zero-order valence-corrected chi connectivity index (χ0v) is 62.0. The zero-order chi connectivity index (χ0) is 68.1. The van der Waals surface area contributed by atoms with Gasteiger partial charge in [0.1, 0.15) is 36.6 Å². The van der Waals surface area contributed by atoms with Gasteiger partial charge in [-0.2, -0.15) is 0 Å². The van der Waals surface area contributed by atoms with E-state index in [2.05, 4.69) is 55.6 Å². The Morgan fingerprint density at radius 3 is 0.979 bits per heavy atom. The van der Waals surface area contributed by atoms with E-state index in [0.29, 0.717) is 12.8 Å². The van der Waals surface area contributed by atoms with Gasteiger partial charge in [0.25, 0.3) is 0 Å². The second kappa shape index (κ2) is 71.2. The van der Waals surface area contributed by atoms with Crippen molar-refractivity contribution in [2.75, 3.05) is 13.2 Å². The van der Waals surface area contributed by atoms with E-state index in [-0.39, 0.29) is 12.8 Å². The van der Waals surface area contributed by atoms with Gasteiger partial charge in [0, 0.05) is 0 Å². The van der Waals surface area contributed by atoms with Crippen LogP contribution < -0.4 is 5.32 Å². The molecule has 0 bridgehead atoms. The Morgan fingerprint density at radius 1 is 0.372 bits per heavy atom. The van der Waals surface area contributed by atoms with Gasteiger partial charge in [-0.15, -0.1) is 0 Å². The molecule has 0 aliphatic carbocycles. The fraction of sp³-hybridized carbons (Fsp3) is 0.916. The highest BCUT2D eigenvalue weighted by Crippen LogP contribution is 2.24. The molecule has 556 valence electrons. The van der Waals surface area contributed by atoms with E-state index < -0.39 is 74.2 Å². The van der Waals surface area contributed by atoms with Gasteiger partial charge < -0.3 is 50.5 Å². The monoisotopic (exact) mass is 1330 g/mol. The molecule has 1 saturated heterocycles. The SMILES string of the molecule is CCCCCCCCCCCCCCC/C=C\C/C=C\CCCCCCCCCCCCCCCCCCC(O)C(=O)NC(COC1OC(CO)C(O)C(O)C1O)C(O)C(O)CCC/C=C/CCCCCCCCCCCCCCCCCCCCCCCCCCCC. The average molecular weight is 1330 g/mol. The Morgan fingerprint density at radius 2 is 0.660 bits per heavy atom. The first kappa shape index (κ1) is 90.3. The number of hydrogen-bond acceptors (Lipinski definition) is 10. The van der Waals surface area contributed by atoms with Crippen LogP contribution in [0.1, 0.15) is 418 Å². The summed E-state index contributed by atoms with van der Waals surface area (Å²) in [5, 5.41) is 76.7. The molecule has 0 radical (unpaired) electrons. The fourth-order valence-electron chi connectivity index (χ4n) is 13.6. The Kier molecular flexibility index (Phi) is 68.4. The van der Waals surface area contributed by atoms with Gasteiger partial charge >= 0.3 is 0 Å². The Balaban J connectivity index is 2.13. The molecule has 0 aromatic carbocycles. The largest absolute Gasteiger partial charge is 0.394 e. The van der Waals surface area contributed by atoms with Gasteiger partial charge in [0.05, 0.1) is 25.4 Å². The highest BCUT2D eigenvalue weighted by molar-refractivity contribution is 5.80. The molecular weight excluding hydrogens is 1170 g/mol. The normalized spacial score (nSPS) is 18.3. The lowest BCUT2D eigenvalue weighted by Crippen LogP contribution is -2.60. The molecule has 94 heavy (non-hydrogen) atoms. The average Bonchev–Trinajstić information content (AvgIpc) is 0.901. The number of unbranched alkanes of at least 4 members (excludes halogenated alkanes) is 56. The molecule has 8 N–H and O–H groups in total. The molecule has 1 aliphatic rings. The van der Waals surface area contributed by atoms with Crippen molar-refractivity contribution in [1.82, 2.24) is 5.32 Å². The molecule has 1 aliphatic heterocycles. The summed E-state index contributed by atoms with van der Waals surface area (Å²) in [7, 11) is 0. The third-order valence-electron chi connectivity index (χ3n) is 20.2. The second-order valence-corrected chi connectivity index (χ2v) is 29.2. The van der Waals surface area contributed by atoms with E-state index >= 15 is 0 Å². The number of nitrogens with one attached hydrogen (secondary N) is 1. The minimum atomic E-state index is -1.67. The molecule has 1 heterocycles. The van der Waals surface area contributed by atoms with Gasteiger partial charge in [-0.1, -0.05) is 384 Å².